The molecule has 0 fully saturated rings. The topological polar surface area (TPSA) is 99.7 Å². The highest BCUT2D eigenvalue weighted by Crippen LogP contribution is 2.08. The van der Waals surface area contributed by atoms with Gasteiger partial charge >= 0.3 is 0 Å². The highest BCUT2D eigenvalue weighted by atomic mass is 16.6. The van der Waals surface area contributed by atoms with Crippen molar-refractivity contribution in [1.29, 1.82) is 5.41 Å². The third-order valence-electron chi connectivity index (χ3n) is 2.33. The van der Waals surface area contributed by atoms with Gasteiger partial charge in [0, 0.05) is 24.9 Å². The summed E-state index contributed by atoms with van der Waals surface area (Å²) < 4.78 is 20.8. The molecule has 0 saturated carbocycles. The molecule has 0 atom stereocenters. The van der Waals surface area contributed by atoms with Crippen LogP contribution in [0.1, 0.15) is 5.56 Å². The van der Waals surface area contributed by atoms with Crippen molar-refractivity contribution in [1.82, 2.24) is 4.98 Å². The summed E-state index contributed by atoms with van der Waals surface area (Å²) in [5.41, 5.74) is 5.97. The molecule has 0 aliphatic carbocycles. The molecule has 0 aliphatic heterocycles. The Labute approximate surface area is 118 Å². The normalized spacial score (nSPS) is 10.4. The monoisotopic (exact) mass is 283 g/mol. The molecule has 0 aliphatic rings. The molecule has 1 aromatic rings. The van der Waals surface area contributed by atoms with Crippen LogP contribution in [0.5, 0.6) is 5.88 Å². The molecular formula is C13H21N3O4. The van der Waals surface area contributed by atoms with Crippen LogP contribution in [0.25, 0.3) is 0 Å². The van der Waals surface area contributed by atoms with E-state index in [2.05, 4.69) is 4.98 Å². The first-order chi connectivity index (χ1) is 9.74. The second-order valence-electron chi connectivity index (χ2n) is 3.86. The second-order valence-corrected chi connectivity index (χ2v) is 3.86. The van der Waals surface area contributed by atoms with Crippen LogP contribution in [0.2, 0.25) is 0 Å². The maximum absolute atomic E-state index is 7.32. The van der Waals surface area contributed by atoms with E-state index in [9.17, 15) is 0 Å². The van der Waals surface area contributed by atoms with Crippen LogP contribution in [-0.4, -0.2) is 57.6 Å². The van der Waals surface area contributed by atoms with E-state index in [-0.39, 0.29) is 5.84 Å². The molecule has 0 radical (unpaired) electrons. The third-order valence-corrected chi connectivity index (χ3v) is 2.33. The van der Waals surface area contributed by atoms with Crippen LogP contribution < -0.4 is 10.5 Å². The van der Waals surface area contributed by atoms with Crippen molar-refractivity contribution in [2.24, 2.45) is 5.73 Å². The largest absolute Gasteiger partial charge is 0.475 e. The molecular weight excluding hydrogens is 262 g/mol. The molecule has 0 bridgehead atoms. The van der Waals surface area contributed by atoms with Gasteiger partial charge in [0.1, 0.15) is 12.4 Å². The zero-order chi connectivity index (χ0) is 14.6. The van der Waals surface area contributed by atoms with Gasteiger partial charge in [-0.1, -0.05) is 0 Å². The zero-order valence-corrected chi connectivity index (χ0v) is 11.6. The molecule has 0 amide bonds. The van der Waals surface area contributed by atoms with Gasteiger partial charge in [-0.3, -0.25) is 5.41 Å². The van der Waals surface area contributed by atoms with Crippen LogP contribution in [0.15, 0.2) is 18.3 Å². The van der Waals surface area contributed by atoms with Gasteiger partial charge in [-0.25, -0.2) is 4.98 Å². The quantitative estimate of drug-likeness (QED) is 0.347. The Balaban J connectivity index is 2.06. The first-order valence-electron chi connectivity index (χ1n) is 6.31. The van der Waals surface area contributed by atoms with Crippen LogP contribution in [0.3, 0.4) is 0 Å². The Bertz CT molecular complexity index is 401. The fraction of sp³-hybridized carbons (Fsp3) is 0.538. The van der Waals surface area contributed by atoms with Crippen LogP contribution in [0, 0.1) is 5.41 Å². The lowest BCUT2D eigenvalue weighted by Crippen LogP contribution is -2.14. The second kappa shape index (κ2) is 10.1. The molecule has 7 heteroatoms. The number of aromatic nitrogens is 1. The predicted molar refractivity (Wildman–Crippen MR) is 74.3 cm³/mol. The van der Waals surface area contributed by atoms with Crippen molar-refractivity contribution in [3.05, 3.63) is 23.9 Å². The van der Waals surface area contributed by atoms with Gasteiger partial charge in [-0.15, -0.1) is 0 Å². The minimum atomic E-state index is -0.0123. The molecule has 0 saturated heterocycles. The minimum Gasteiger partial charge on any atom is -0.475 e. The summed E-state index contributed by atoms with van der Waals surface area (Å²) >= 11 is 0. The molecule has 1 aromatic heterocycles. The Hall–Kier alpha value is -1.70. The predicted octanol–water partition coefficient (Wildman–Crippen LogP) is 0.424. The molecule has 20 heavy (non-hydrogen) atoms. The highest BCUT2D eigenvalue weighted by Gasteiger charge is 2.00. The maximum Gasteiger partial charge on any atom is 0.213 e. The Morgan fingerprint density at radius 1 is 1.15 bits per heavy atom. The van der Waals surface area contributed by atoms with Crippen molar-refractivity contribution < 1.29 is 18.9 Å². The molecule has 3 N–H and O–H groups in total. The van der Waals surface area contributed by atoms with Crippen molar-refractivity contribution in [3.8, 4) is 5.88 Å². The summed E-state index contributed by atoms with van der Waals surface area (Å²) in [5.74, 6) is 0.416. The smallest absolute Gasteiger partial charge is 0.213 e. The molecule has 7 nitrogen and oxygen atoms in total. The first kappa shape index (κ1) is 16.4. The van der Waals surface area contributed by atoms with E-state index in [1.807, 2.05) is 0 Å². The van der Waals surface area contributed by atoms with Gasteiger partial charge in [-0.2, -0.15) is 0 Å². The van der Waals surface area contributed by atoms with E-state index >= 15 is 0 Å². The van der Waals surface area contributed by atoms with Gasteiger partial charge in [0.25, 0.3) is 0 Å². The van der Waals surface area contributed by atoms with Gasteiger partial charge in [0.2, 0.25) is 5.88 Å². The third kappa shape index (κ3) is 7.03. The summed E-state index contributed by atoms with van der Waals surface area (Å²) in [6.45, 7) is 3.01. The van der Waals surface area contributed by atoms with Crippen molar-refractivity contribution in [2.75, 3.05) is 46.8 Å². The highest BCUT2D eigenvalue weighted by molar-refractivity contribution is 5.95. The standard InChI is InChI=1S/C13H21N3O4/c1-17-4-5-18-6-7-19-8-9-20-12-10-11(13(14)15)2-3-16-12/h2-3,10H,4-9H2,1H3,(H3,14,15). The number of rotatable bonds is 11. The Morgan fingerprint density at radius 3 is 2.45 bits per heavy atom. The number of nitrogens with one attached hydrogen (secondary N) is 1. The van der Waals surface area contributed by atoms with Gasteiger partial charge in [0.05, 0.1) is 33.0 Å². The van der Waals surface area contributed by atoms with E-state index in [0.29, 0.717) is 51.1 Å². The zero-order valence-electron chi connectivity index (χ0n) is 11.6. The molecule has 0 aromatic carbocycles. The number of nitrogens with two attached hydrogens (primary N) is 1. The number of nitrogen functional groups attached to an aromatic ring is 1. The number of hydrogen-bond acceptors (Lipinski definition) is 6. The van der Waals surface area contributed by atoms with Crippen molar-refractivity contribution in [2.45, 2.75) is 0 Å². The maximum atomic E-state index is 7.32. The van der Waals surface area contributed by atoms with Gasteiger partial charge in [-0.05, 0) is 6.07 Å². The Kier molecular flexibility index (Phi) is 8.28. The van der Waals surface area contributed by atoms with E-state index in [4.69, 9.17) is 30.1 Å². The number of hydrogen-bond donors (Lipinski definition) is 2. The number of pyridine rings is 1. The van der Waals surface area contributed by atoms with Crippen LogP contribution in [-0.2, 0) is 14.2 Å². The average Bonchev–Trinajstić information content (AvgIpc) is 2.46. The number of methoxy groups -OCH3 is 1. The van der Waals surface area contributed by atoms with Crippen LogP contribution >= 0.6 is 0 Å². The number of nitrogens with zero attached hydrogens (tertiary/aromatic N) is 1. The fourth-order valence-electron chi connectivity index (χ4n) is 1.33. The molecule has 1 heterocycles. The molecule has 0 unspecified atom stereocenters. The van der Waals surface area contributed by atoms with Crippen LogP contribution in [0.4, 0.5) is 0 Å². The fourth-order valence-corrected chi connectivity index (χ4v) is 1.33. The summed E-state index contributed by atoms with van der Waals surface area (Å²) in [4.78, 5) is 4.02. The summed E-state index contributed by atoms with van der Waals surface area (Å²) in [5, 5.41) is 7.32. The minimum absolute atomic E-state index is 0.0123. The van der Waals surface area contributed by atoms with Crippen molar-refractivity contribution >= 4 is 5.84 Å². The lowest BCUT2D eigenvalue weighted by molar-refractivity contribution is 0.0176. The summed E-state index contributed by atoms with van der Waals surface area (Å²) in [6.07, 6.45) is 1.55. The SMILES string of the molecule is COCCOCCOCCOc1cc(C(=N)N)ccn1. The number of ether oxygens (including phenoxy) is 4. The molecule has 112 valence electrons. The summed E-state index contributed by atoms with van der Waals surface area (Å²) in [6, 6.07) is 3.28. The van der Waals surface area contributed by atoms with E-state index < -0.39 is 0 Å². The van der Waals surface area contributed by atoms with Gasteiger partial charge in [0.15, 0.2) is 0 Å². The Morgan fingerprint density at radius 2 is 1.80 bits per heavy atom. The summed E-state index contributed by atoms with van der Waals surface area (Å²) in [7, 11) is 1.63. The molecule has 1 rings (SSSR count). The van der Waals surface area contributed by atoms with E-state index in [1.54, 1.807) is 25.4 Å². The number of amidine groups is 1. The average molecular weight is 283 g/mol. The lowest BCUT2D eigenvalue weighted by Gasteiger charge is -2.07. The first-order valence-corrected chi connectivity index (χ1v) is 6.31. The van der Waals surface area contributed by atoms with Gasteiger partial charge < -0.3 is 24.7 Å². The van der Waals surface area contributed by atoms with E-state index in [0.717, 1.165) is 0 Å². The van der Waals surface area contributed by atoms with E-state index in [1.165, 1.54) is 0 Å². The van der Waals surface area contributed by atoms with Crippen molar-refractivity contribution in [3.63, 3.8) is 0 Å². The lowest BCUT2D eigenvalue weighted by atomic mass is 10.2. The molecule has 0 spiro atoms.